The number of nitrogens with zero attached hydrogens (tertiary/aromatic N) is 3. The maximum atomic E-state index is 12.8. The van der Waals surface area contributed by atoms with E-state index in [9.17, 15) is 14.4 Å². The molecule has 1 aliphatic carbocycles. The second-order valence-corrected chi connectivity index (χ2v) is 10.9. The largest absolute Gasteiger partial charge is 0.462 e. The summed E-state index contributed by atoms with van der Waals surface area (Å²) in [6.07, 6.45) is 4.60. The van der Waals surface area contributed by atoms with Crippen molar-refractivity contribution in [1.82, 2.24) is 14.8 Å². The van der Waals surface area contributed by atoms with E-state index in [0.717, 1.165) is 35.6 Å². The molecule has 0 aromatic carbocycles. The number of thioether (sulfide) groups is 1. The van der Waals surface area contributed by atoms with Crippen LogP contribution in [-0.2, 0) is 28.9 Å². The van der Waals surface area contributed by atoms with Gasteiger partial charge in [0.25, 0.3) is 5.91 Å². The molecule has 186 valence electrons. The Bertz CT molecular complexity index is 1280. The molecule has 1 aliphatic rings. The van der Waals surface area contributed by atoms with Crippen LogP contribution in [0.4, 0.5) is 5.00 Å². The fraction of sp³-hybridized carbons (Fsp3) is 0.435. The average Bonchev–Trinajstić information content (AvgIpc) is 3.52. The third-order valence-corrected chi connectivity index (χ3v) is 9.05. The number of fused-ring (bicyclic) bond motifs is 1. The lowest BCUT2D eigenvalue weighted by Gasteiger charge is -2.13. The maximum absolute atomic E-state index is 12.8. The van der Waals surface area contributed by atoms with Crippen molar-refractivity contribution in [3.63, 3.8) is 0 Å². The lowest BCUT2D eigenvalue weighted by atomic mass is 9.96. The summed E-state index contributed by atoms with van der Waals surface area (Å²) in [5.74, 6) is -0.707. The van der Waals surface area contributed by atoms with Gasteiger partial charge in [-0.25, -0.2) is 4.79 Å². The van der Waals surface area contributed by atoms with Crippen molar-refractivity contribution in [1.29, 1.82) is 0 Å². The van der Waals surface area contributed by atoms with Gasteiger partial charge >= 0.3 is 5.97 Å². The average molecular weight is 534 g/mol. The number of aryl methyl sites for hydroxylation is 1. The van der Waals surface area contributed by atoms with Gasteiger partial charge in [0, 0.05) is 22.4 Å². The molecule has 4 rings (SSSR count). The molecule has 0 radical (unpaired) electrons. The molecule has 0 saturated heterocycles. The van der Waals surface area contributed by atoms with Crippen LogP contribution in [0.25, 0.3) is 11.4 Å². The molecule has 9 nitrogen and oxygen atoms in total. The number of nitrogens with one attached hydrogen (secondary N) is 1. The van der Waals surface area contributed by atoms with E-state index in [1.54, 1.807) is 25.2 Å². The van der Waals surface area contributed by atoms with Crippen molar-refractivity contribution in [2.45, 2.75) is 58.2 Å². The number of thiophene rings is 2. The Morgan fingerprint density at radius 2 is 2.00 bits per heavy atom. The van der Waals surface area contributed by atoms with Gasteiger partial charge in [0.1, 0.15) is 5.00 Å². The van der Waals surface area contributed by atoms with Gasteiger partial charge in [-0.05, 0) is 57.6 Å². The summed E-state index contributed by atoms with van der Waals surface area (Å²) in [4.78, 5) is 38.6. The Balaban J connectivity index is 1.50. The predicted octanol–water partition coefficient (Wildman–Crippen LogP) is 4.28. The van der Waals surface area contributed by atoms with Crippen LogP contribution < -0.4 is 11.1 Å². The number of carbonyl (C=O) groups excluding carboxylic acids is 3. The lowest BCUT2D eigenvalue weighted by Crippen LogP contribution is -2.17. The van der Waals surface area contributed by atoms with Crippen molar-refractivity contribution < 1.29 is 19.1 Å². The maximum Gasteiger partial charge on any atom is 0.341 e. The third kappa shape index (κ3) is 5.14. The molecular weight excluding hydrogens is 506 g/mol. The monoisotopic (exact) mass is 533 g/mol. The first-order valence-corrected chi connectivity index (χ1v) is 14.1. The van der Waals surface area contributed by atoms with Crippen molar-refractivity contribution in [3.05, 3.63) is 31.8 Å². The van der Waals surface area contributed by atoms with Crippen molar-refractivity contribution in [2.24, 2.45) is 5.73 Å². The molecule has 0 spiro atoms. The minimum atomic E-state index is -0.660. The predicted molar refractivity (Wildman–Crippen MR) is 139 cm³/mol. The van der Waals surface area contributed by atoms with Gasteiger partial charge < -0.3 is 20.4 Å². The van der Waals surface area contributed by atoms with Gasteiger partial charge in [0.15, 0.2) is 11.0 Å². The minimum Gasteiger partial charge on any atom is -0.462 e. The molecule has 3 heterocycles. The number of hydrogen-bond donors (Lipinski definition) is 2. The van der Waals surface area contributed by atoms with Crippen LogP contribution in [0.2, 0.25) is 0 Å². The number of hydrogen-bond acceptors (Lipinski definition) is 9. The van der Waals surface area contributed by atoms with Crippen LogP contribution in [0, 0.1) is 6.92 Å². The van der Waals surface area contributed by atoms with Gasteiger partial charge in [-0.3, -0.25) is 9.59 Å². The molecule has 0 atom stereocenters. The number of anilines is 1. The highest BCUT2D eigenvalue weighted by molar-refractivity contribution is 7.99. The number of nitrogens with two attached hydrogens (primary N) is 1. The second kappa shape index (κ2) is 10.9. The molecular formula is C23H27N5O4S3. The van der Waals surface area contributed by atoms with Gasteiger partial charge in [0.2, 0.25) is 5.91 Å². The second-order valence-electron chi connectivity index (χ2n) is 7.99. The highest BCUT2D eigenvalue weighted by Gasteiger charge is 2.26. The zero-order chi connectivity index (χ0) is 25.1. The summed E-state index contributed by atoms with van der Waals surface area (Å²) in [5, 5.41) is 14.6. The molecule has 0 fully saturated rings. The van der Waals surface area contributed by atoms with Gasteiger partial charge in [-0.2, -0.15) is 0 Å². The Morgan fingerprint density at radius 3 is 2.71 bits per heavy atom. The van der Waals surface area contributed by atoms with E-state index >= 15 is 0 Å². The number of amides is 2. The molecule has 3 N–H and O–H groups in total. The molecule has 0 bridgehead atoms. The summed E-state index contributed by atoms with van der Waals surface area (Å²) >= 11 is 4.03. The van der Waals surface area contributed by atoms with E-state index < -0.39 is 11.9 Å². The zero-order valence-electron chi connectivity index (χ0n) is 19.8. The normalized spacial score (nSPS) is 12.9. The van der Waals surface area contributed by atoms with Crippen molar-refractivity contribution in [2.75, 3.05) is 17.7 Å². The minimum absolute atomic E-state index is 0.0605. The number of aromatic nitrogens is 3. The Morgan fingerprint density at radius 1 is 1.23 bits per heavy atom. The smallest absolute Gasteiger partial charge is 0.341 e. The van der Waals surface area contributed by atoms with Crippen molar-refractivity contribution >= 4 is 57.2 Å². The van der Waals surface area contributed by atoms with Crippen LogP contribution in [0.3, 0.4) is 0 Å². The first-order valence-electron chi connectivity index (χ1n) is 11.4. The number of carbonyl (C=O) groups is 3. The van der Waals surface area contributed by atoms with E-state index in [2.05, 4.69) is 20.9 Å². The molecule has 35 heavy (non-hydrogen) atoms. The number of esters is 1. The number of ether oxygens (including phenoxy) is 1. The number of rotatable bonds is 9. The highest BCUT2D eigenvalue weighted by atomic mass is 32.2. The van der Waals surface area contributed by atoms with Crippen LogP contribution in [-0.4, -0.2) is 44.9 Å². The Labute approximate surface area is 215 Å². The fourth-order valence-corrected chi connectivity index (χ4v) is 7.13. The Kier molecular flexibility index (Phi) is 7.92. The Hall–Kier alpha value is -2.70. The van der Waals surface area contributed by atoms with Gasteiger partial charge in [0.05, 0.1) is 22.8 Å². The van der Waals surface area contributed by atoms with Crippen LogP contribution in [0.1, 0.15) is 62.7 Å². The molecule has 0 saturated carbocycles. The van der Waals surface area contributed by atoms with Crippen LogP contribution in [0.15, 0.2) is 10.5 Å². The van der Waals surface area contributed by atoms with E-state index in [1.165, 1.54) is 35.0 Å². The van der Waals surface area contributed by atoms with E-state index in [-0.39, 0.29) is 33.7 Å². The zero-order valence-corrected chi connectivity index (χ0v) is 22.3. The van der Waals surface area contributed by atoms with Gasteiger partial charge in [-0.1, -0.05) is 11.8 Å². The first kappa shape index (κ1) is 25.4. The molecule has 0 aliphatic heterocycles. The summed E-state index contributed by atoms with van der Waals surface area (Å²) < 4.78 is 7.13. The van der Waals surface area contributed by atoms with E-state index in [4.69, 9.17) is 10.5 Å². The summed E-state index contributed by atoms with van der Waals surface area (Å²) in [6, 6.07) is 0. The molecule has 3 aromatic heterocycles. The van der Waals surface area contributed by atoms with E-state index in [0.29, 0.717) is 17.3 Å². The lowest BCUT2D eigenvalue weighted by molar-refractivity contribution is -0.113. The highest BCUT2D eigenvalue weighted by Crippen LogP contribution is 2.37. The molecule has 12 heteroatoms. The van der Waals surface area contributed by atoms with Gasteiger partial charge in [-0.15, -0.1) is 32.9 Å². The topological polar surface area (TPSA) is 129 Å². The summed E-state index contributed by atoms with van der Waals surface area (Å²) in [6.45, 7) is 6.18. The SMILES string of the molecule is CCOC(=O)c1c(NC(=O)CSc2nnc(-c3csc4c3CCCC4)n2CC)sc(C(N)=O)c1C. The quantitative estimate of drug-likeness (QED) is 0.310. The molecule has 3 aromatic rings. The fourth-order valence-electron chi connectivity index (χ4n) is 4.14. The standard InChI is InChI=1S/C23H27N5O4S3/c1-4-28-20(14-10-33-15-9-7-6-8-13(14)15)26-27-23(28)34-11-16(29)25-21-17(22(31)32-5-2)12(3)18(35-21)19(24)30/h10H,4-9,11H2,1-3H3,(H2,24,30)(H,25,29). The molecule has 2 amide bonds. The first-order chi connectivity index (χ1) is 16.8. The summed E-state index contributed by atoms with van der Waals surface area (Å²) in [7, 11) is 0. The van der Waals surface area contributed by atoms with Crippen molar-refractivity contribution in [3.8, 4) is 11.4 Å². The summed E-state index contributed by atoms with van der Waals surface area (Å²) in [5.41, 5.74) is 8.52. The van der Waals surface area contributed by atoms with E-state index in [1.807, 2.05) is 11.5 Å². The third-order valence-electron chi connectivity index (χ3n) is 5.77. The van der Waals surface area contributed by atoms with Crippen LogP contribution >= 0.6 is 34.4 Å². The molecule has 0 unspecified atom stereocenters. The number of primary amides is 1. The van der Waals surface area contributed by atoms with Crippen LogP contribution in [0.5, 0.6) is 0 Å².